The highest BCUT2D eigenvalue weighted by molar-refractivity contribution is 7.13. The topological polar surface area (TPSA) is 97.6 Å². The summed E-state index contributed by atoms with van der Waals surface area (Å²) in [6.45, 7) is 0.338. The number of halogens is 1. The predicted molar refractivity (Wildman–Crippen MR) is 104 cm³/mol. The number of likely N-dealkylation sites (N-methyl/N-ethyl adjacent to an activating group) is 1. The highest BCUT2D eigenvalue weighted by atomic mass is 35.5. The monoisotopic (exact) mass is 420 g/mol. The van der Waals surface area contributed by atoms with Crippen molar-refractivity contribution in [1.29, 1.82) is 0 Å². The Morgan fingerprint density at radius 2 is 2.14 bits per heavy atom. The lowest BCUT2D eigenvalue weighted by molar-refractivity contribution is -0.136. The molecular formula is C18H17ClN4O4S. The molecule has 0 unspecified atom stereocenters. The fourth-order valence-corrected chi connectivity index (χ4v) is 3.08. The molecule has 8 nitrogen and oxygen atoms in total. The van der Waals surface area contributed by atoms with E-state index in [-0.39, 0.29) is 30.0 Å². The highest BCUT2D eigenvalue weighted by Crippen LogP contribution is 2.17. The van der Waals surface area contributed by atoms with Gasteiger partial charge in [-0.2, -0.15) is 0 Å². The highest BCUT2D eigenvalue weighted by Gasteiger charge is 2.15. The SMILES string of the molecule is CN(Cc1ccco1)C(=O)COCc1nnc(C(=O)Nc2cccc(Cl)c2)s1. The number of hydrogen-bond donors (Lipinski definition) is 1. The maximum atomic E-state index is 12.2. The summed E-state index contributed by atoms with van der Waals surface area (Å²) < 4.78 is 10.6. The van der Waals surface area contributed by atoms with Crippen LogP contribution in [-0.2, 0) is 22.7 Å². The molecule has 146 valence electrons. The van der Waals surface area contributed by atoms with E-state index in [4.69, 9.17) is 20.8 Å². The summed E-state index contributed by atoms with van der Waals surface area (Å²) in [5.74, 6) is 0.107. The van der Waals surface area contributed by atoms with Gasteiger partial charge in [-0.25, -0.2) is 0 Å². The maximum Gasteiger partial charge on any atom is 0.286 e. The third-order valence-electron chi connectivity index (χ3n) is 3.59. The molecule has 2 heterocycles. The number of rotatable bonds is 8. The van der Waals surface area contributed by atoms with E-state index in [1.807, 2.05) is 0 Å². The molecule has 0 spiro atoms. The molecule has 0 aliphatic carbocycles. The summed E-state index contributed by atoms with van der Waals surface area (Å²) in [5.41, 5.74) is 0.565. The van der Waals surface area contributed by atoms with Crippen LogP contribution in [0, 0.1) is 0 Å². The lowest BCUT2D eigenvalue weighted by Gasteiger charge is -2.15. The minimum Gasteiger partial charge on any atom is -0.467 e. The standard InChI is InChI=1S/C18H17ClN4O4S/c1-23(9-14-6-3-7-27-14)16(24)11-26-10-15-21-22-18(28-15)17(25)20-13-5-2-4-12(19)8-13/h2-8H,9-11H2,1H3,(H,20,25). The minimum atomic E-state index is -0.389. The number of anilines is 1. The van der Waals surface area contributed by atoms with Crippen LogP contribution in [0.2, 0.25) is 5.02 Å². The van der Waals surface area contributed by atoms with Crippen LogP contribution in [0.15, 0.2) is 47.1 Å². The van der Waals surface area contributed by atoms with Crippen molar-refractivity contribution in [3.8, 4) is 0 Å². The number of amides is 2. The van der Waals surface area contributed by atoms with Gasteiger partial charge in [-0.3, -0.25) is 9.59 Å². The largest absolute Gasteiger partial charge is 0.467 e. The Balaban J connectivity index is 1.45. The van der Waals surface area contributed by atoms with Crippen molar-refractivity contribution in [1.82, 2.24) is 15.1 Å². The summed E-state index contributed by atoms with van der Waals surface area (Å²) in [6.07, 6.45) is 1.56. The first-order chi connectivity index (χ1) is 13.5. The average Bonchev–Trinajstić information content (AvgIpc) is 3.33. The minimum absolute atomic E-state index is 0.0858. The van der Waals surface area contributed by atoms with Gasteiger partial charge in [0, 0.05) is 17.8 Å². The van der Waals surface area contributed by atoms with Crippen LogP contribution in [0.1, 0.15) is 20.6 Å². The third kappa shape index (κ3) is 5.62. The molecule has 28 heavy (non-hydrogen) atoms. The summed E-state index contributed by atoms with van der Waals surface area (Å²) >= 11 is 6.99. The smallest absolute Gasteiger partial charge is 0.286 e. The molecule has 0 aliphatic heterocycles. The molecule has 0 fully saturated rings. The van der Waals surface area contributed by atoms with Gasteiger partial charge in [0.2, 0.25) is 10.9 Å². The van der Waals surface area contributed by atoms with Crippen LogP contribution in [0.3, 0.4) is 0 Å². The Hall–Kier alpha value is -2.75. The summed E-state index contributed by atoms with van der Waals surface area (Å²) in [6, 6.07) is 10.4. The lowest BCUT2D eigenvalue weighted by atomic mass is 10.3. The van der Waals surface area contributed by atoms with Crippen LogP contribution >= 0.6 is 22.9 Å². The van der Waals surface area contributed by atoms with Crippen LogP contribution in [0.25, 0.3) is 0 Å². The van der Waals surface area contributed by atoms with E-state index in [2.05, 4.69) is 15.5 Å². The van der Waals surface area contributed by atoms with Crippen molar-refractivity contribution in [3.63, 3.8) is 0 Å². The second kappa shape index (κ2) is 9.45. The molecule has 10 heteroatoms. The summed E-state index contributed by atoms with van der Waals surface area (Å²) in [7, 11) is 1.66. The zero-order valence-corrected chi connectivity index (χ0v) is 16.5. The number of carbonyl (C=O) groups excluding carboxylic acids is 2. The van der Waals surface area contributed by atoms with Gasteiger partial charge in [0.25, 0.3) is 5.91 Å². The van der Waals surface area contributed by atoms with E-state index in [9.17, 15) is 9.59 Å². The zero-order chi connectivity index (χ0) is 19.9. The summed E-state index contributed by atoms with van der Waals surface area (Å²) in [4.78, 5) is 25.8. The van der Waals surface area contributed by atoms with Gasteiger partial charge in [-0.15, -0.1) is 10.2 Å². The van der Waals surface area contributed by atoms with Crippen molar-refractivity contribution < 1.29 is 18.7 Å². The molecule has 0 saturated heterocycles. The van der Waals surface area contributed by atoms with Crippen molar-refractivity contribution in [3.05, 3.63) is 63.5 Å². The first kappa shape index (κ1) is 20.0. The molecule has 3 aromatic rings. The molecular weight excluding hydrogens is 404 g/mol. The maximum absolute atomic E-state index is 12.2. The lowest BCUT2D eigenvalue weighted by Crippen LogP contribution is -2.29. The molecule has 0 bridgehead atoms. The molecule has 0 saturated carbocycles. The molecule has 1 aromatic carbocycles. The Morgan fingerprint density at radius 3 is 2.89 bits per heavy atom. The fourth-order valence-electron chi connectivity index (χ4n) is 2.21. The number of benzene rings is 1. The van der Waals surface area contributed by atoms with Crippen molar-refractivity contribution in [2.75, 3.05) is 19.0 Å². The van der Waals surface area contributed by atoms with E-state index in [0.29, 0.717) is 28.0 Å². The number of aromatic nitrogens is 2. The van der Waals surface area contributed by atoms with E-state index >= 15 is 0 Å². The number of ether oxygens (including phenoxy) is 1. The van der Waals surface area contributed by atoms with Crippen molar-refractivity contribution in [2.45, 2.75) is 13.2 Å². The van der Waals surface area contributed by atoms with Crippen molar-refractivity contribution in [2.24, 2.45) is 0 Å². The first-order valence-electron chi connectivity index (χ1n) is 8.24. The van der Waals surface area contributed by atoms with Crippen molar-refractivity contribution >= 4 is 40.4 Å². The van der Waals surface area contributed by atoms with Gasteiger partial charge in [0.05, 0.1) is 12.8 Å². The quantitative estimate of drug-likeness (QED) is 0.601. The van der Waals surface area contributed by atoms with E-state index in [0.717, 1.165) is 11.3 Å². The third-order valence-corrected chi connectivity index (χ3v) is 4.72. The van der Waals surface area contributed by atoms with Crippen LogP contribution in [-0.4, -0.2) is 40.6 Å². The van der Waals surface area contributed by atoms with Crippen LogP contribution in [0.5, 0.6) is 0 Å². The molecule has 2 amide bonds. The second-order valence-corrected chi connectivity index (χ2v) is 7.29. The normalized spacial score (nSPS) is 10.6. The molecule has 0 atom stereocenters. The summed E-state index contributed by atoms with van der Waals surface area (Å²) in [5, 5.41) is 11.7. The molecule has 0 aliphatic rings. The van der Waals surface area contributed by atoms with E-state index in [1.54, 1.807) is 49.7 Å². The molecule has 1 N–H and O–H groups in total. The molecule has 0 radical (unpaired) electrons. The Labute approximate surface area is 170 Å². The van der Waals surface area contributed by atoms with Gasteiger partial charge in [0.15, 0.2) is 0 Å². The van der Waals surface area contributed by atoms with Gasteiger partial charge in [-0.05, 0) is 30.3 Å². The van der Waals surface area contributed by atoms with Crippen LogP contribution in [0.4, 0.5) is 5.69 Å². The Morgan fingerprint density at radius 1 is 1.29 bits per heavy atom. The number of nitrogens with zero attached hydrogens (tertiary/aromatic N) is 3. The first-order valence-corrected chi connectivity index (χ1v) is 9.44. The Bertz CT molecular complexity index is 945. The number of carbonyl (C=O) groups is 2. The number of nitrogens with one attached hydrogen (secondary N) is 1. The second-order valence-electron chi connectivity index (χ2n) is 5.79. The van der Waals surface area contributed by atoms with Gasteiger partial charge in [-0.1, -0.05) is 29.0 Å². The van der Waals surface area contributed by atoms with Gasteiger partial charge < -0.3 is 19.4 Å². The van der Waals surface area contributed by atoms with E-state index in [1.165, 1.54) is 4.90 Å². The number of hydrogen-bond acceptors (Lipinski definition) is 7. The van der Waals surface area contributed by atoms with Crippen LogP contribution < -0.4 is 5.32 Å². The molecule has 2 aromatic heterocycles. The van der Waals surface area contributed by atoms with Gasteiger partial charge in [0.1, 0.15) is 24.0 Å². The Kier molecular flexibility index (Phi) is 6.75. The molecule has 3 rings (SSSR count). The van der Waals surface area contributed by atoms with Gasteiger partial charge >= 0.3 is 0 Å². The number of furan rings is 1. The average molecular weight is 421 g/mol. The predicted octanol–water partition coefficient (Wildman–Crippen LogP) is 3.21. The zero-order valence-electron chi connectivity index (χ0n) is 14.9. The van der Waals surface area contributed by atoms with E-state index < -0.39 is 0 Å². The fraction of sp³-hybridized carbons (Fsp3) is 0.222.